The summed E-state index contributed by atoms with van der Waals surface area (Å²) in [5, 5.41) is 0. The molecule has 11 heavy (non-hydrogen) atoms. The molecule has 1 aromatic carbocycles. The predicted molar refractivity (Wildman–Crippen MR) is 49.4 cm³/mol. The molecule has 0 radical (unpaired) electrons. The first kappa shape index (κ1) is 8.79. The Morgan fingerprint density at radius 1 is 1.09 bits per heavy atom. The van der Waals surface area contributed by atoms with Crippen LogP contribution >= 0.6 is 0 Å². The van der Waals surface area contributed by atoms with Crippen LogP contribution in [-0.4, -0.2) is 13.3 Å². The number of halogens is 1. The van der Waals surface area contributed by atoms with E-state index in [-0.39, 0.29) is 5.82 Å². The van der Waals surface area contributed by atoms with E-state index in [4.69, 9.17) is 0 Å². The summed E-state index contributed by atoms with van der Waals surface area (Å²) in [7, 11) is 0. The molecule has 1 aromatic rings. The van der Waals surface area contributed by atoms with E-state index >= 15 is 0 Å². The van der Waals surface area contributed by atoms with Crippen LogP contribution < -0.4 is 4.40 Å². The normalized spacial score (nSPS) is 11.6. The minimum atomic E-state index is -1.93. The molecule has 0 saturated heterocycles. The molecule has 0 aliphatic rings. The fourth-order valence-electron chi connectivity index (χ4n) is 1.07. The van der Waals surface area contributed by atoms with E-state index < -0.39 is 13.3 Å². The van der Waals surface area contributed by atoms with Gasteiger partial charge >= 0.3 is 69.4 Å². The van der Waals surface area contributed by atoms with Crippen LogP contribution in [0.3, 0.4) is 0 Å². The van der Waals surface area contributed by atoms with Gasteiger partial charge in [-0.2, -0.15) is 0 Å². The van der Waals surface area contributed by atoms with Crippen molar-refractivity contribution in [3.8, 4) is 0 Å². The fourth-order valence-corrected chi connectivity index (χ4v) is 4.00. The Morgan fingerprint density at radius 2 is 1.64 bits per heavy atom. The molecule has 0 amide bonds. The van der Waals surface area contributed by atoms with E-state index in [1.54, 1.807) is 12.1 Å². The Hall–Kier alpha value is -0.307. The SMILES string of the molecule is [CH3][Ge]([CH3])([CH3])[c]1ccccc1F. The van der Waals surface area contributed by atoms with Crippen molar-refractivity contribution in [3.05, 3.63) is 30.1 Å². The Morgan fingerprint density at radius 3 is 2.00 bits per heavy atom. The van der Waals surface area contributed by atoms with Gasteiger partial charge in [-0.25, -0.2) is 0 Å². The molecule has 0 fully saturated rings. The quantitative estimate of drug-likeness (QED) is 0.628. The van der Waals surface area contributed by atoms with Crippen LogP contribution in [0, 0.1) is 5.82 Å². The van der Waals surface area contributed by atoms with E-state index in [0.29, 0.717) is 0 Å². The van der Waals surface area contributed by atoms with Crippen LogP contribution in [0.4, 0.5) is 4.39 Å². The van der Waals surface area contributed by atoms with E-state index in [0.717, 1.165) is 4.40 Å². The number of benzene rings is 1. The molecule has 60 valence electrons. The second-order valence-corrected chi connectivity index (χ2v) is 14.3. The van der Waals surface area contributed by atoms with Crippen LogP contribution in [-0.2, 0) is 0 Å². The molecule has 0 unspecified atom stereocenters. The van der Waals surface area contributed by atoms with Crippen molar-refractivity contribution in [2.24, 2.45) is 0 Å². The van der Waals surface area contributed by atoms with Gasteiger partial charge in [-0.1, -0.05) is 0 Å². The predicted octanol–water partition coefficient (Wildman–Crippen LogP) is 2.37. The van der Waals surface area contributed by atoms with Gasteiger partial charge in [-0.05, 0) is 0 Å². The third-order valence-corrected chi connectivity index (χ3v) is 5.92. The summed E-state index contributed by atoms with van der Waals surface area (Å²) >= 11 is -1.93. The summed E-state index contributed by atoms with van der Waals surface area (Å²) in [4.78, 5) is 0. The Bertz CT molecular complexity index is 250. The fraction of sp³-hybridized carbons (Fsp3) is 0.333. The van der Waals surface area contributed by atoms with Gasteiger partial charge in [0.15, 0.2) is 0 Å². The Labute approximate surface area is 69.8 Å². The zero-order valence-electron chi connectivity index (χ0n) is 7.19. The van der Waals surface area contributed by atoms with Crippen molar-refractivity contribution < 1.29 is 4.39 Å². The van der Waals surface area contributed by atoms with Crippen molar-refractivity contribution in [1.82, 2.24) is 0 Å². The van der Waals surface area contributed by atoms with Gasteiger partial charge in [-0.15, -0.1) is 0 Å². The van der Waals surface area contributed by atoms with Gasteiger partial charge in [0, 0.05) is 0 Å². The summed E-state index contributed by atoms with van der Waals surface area (Å²) in [6, 6.07) is 7.11. The standard InChI is InChI=1S/C9H13FGe/c1-11(2,3)9-7-5-4-6-8(9)10/h4-7H,1-3H3. The third-order valence-electron chi connectivity index (χ3n) is 1.68. The third kappa shape index (κ3) is 2.06. The van der Waals surface area contributed by atoms with Crippen molar-refractivity contribution in [1.29, 1.82) is 0 Å². The molecule has 0 aromatic heterocycles. The first-order chi connectivity index (χ1) is 5.02. The molecule has 0 bridgehead atoms. The average molecular weight is 213 g/mol. The first-order valence-corrected chi connectivity index (χ1v) is 11.1. The summed E-state index contributed by atoms with van der Waals surface area (Å²) in [5.74, 6) is 6.55. The molecule has 1 rings (SSSR count). The van der Waals surface area contributed by atoms with Gasteiger partial charge in [-0.3, -0.25) is 0 Å². The maximum absolute atomic E-state index is 13.1. The topological polar surface area (TPSA) is 0 Å². The van der Waals surface area contributed by atoms with Crippen molar-refractivity contribution in [2.75, 3.05) is 0 Å². The van der Waals surface area contributed by atoms with Crippen LogP contribution in [0.5, 0.6) is 0 Å². The number of rotatable bonds is 1. The molecule has 2 heteroatoms. The van der Waals surface area contributed by atoms with Crippen LogP contribution in [0.1, 0.15) is 0 Å². The van der Waals surface area contributed by atoms with Gasteiger partial charge in [0.05, 0.1) is 0 Å². The molecule has 0 nitrogen and oxygen atoms in total. The molecule has 0 atom stereocenters. The Kier molecular flexibility index (Phi) is 2.38. The van der Waals surface area contributed by atoms with Crippen molar-refractivity contribution in [3.63, 3.8) is 0 Å². The van der Waals surface area contributed by atoms with E-state index in [1.165, 1.54) is 0 Å². The first-order valence-electron chi connectivity index (χ1n) is 3.77. The summed E-state index contributed by atoms with van der Waals surface area (Å²) < 4.78 is 14.1. The molecular weight excluding hydrogens is 200 g/mol. The molecule has 0 saturated carbocycles. The zero-order chi connectivity index (χ0) is 8.48. The minimum absolute atomic E-state index is 0.0278. The Balaban J connectivity index is 3.14. The maximum atomic E-state index is 13.1. The second-order valence-electron chi connectivity index (χ2n) is 3.73. The summed E-state index contributed by atoms with van der Waals surface area (Å²) in [5.41, 5.74) is 0. The van der Waals surface area contributed by atoms with E-state index in [1.807, 2.05) is 12.1 Å². The molecular formula is C9H13FGe. The monoisotopic (exact) mass is 214 g/mol. The van der Waals surface area contributed by atoms with E-state index in [2.05, 4.69) is 17.3 Å². The van der Waals surface area contributed by atoms with Crippen LogP contribution in [0.15, 0.2) is 24.3 Å². The van der Waals surface area contributed by atoms with Gasteiger partial charge in [0.2, 0.25) is 0 Å². The van der Waals surface area contributed by atoms with E-state index in [9.17, 15) is 4.39 Å². The molecule has 0 N–H and O–H groups in total. The van der Waals surface area contributed by atoms with Crippen LogP contribution in [0.2, 0.25) is 17.3 Å². The molecule has 0 aliphatic carbocycles. The number of hydrogen-bond donors (Lipinski definition) is 0. The summed E-state index contributed by atoms with van der Waals surface area (Å²) in [6.45, 7) is 0. The van der Waals surface area contributed by atoms with Crippen molar-refractivity contribution >= 4 is 17.7 Å². The van der Waals surface area contributed by atoms with Crippen molar-refractivity contribution in [2.45, 2.75) is 17.3 Å². The van der Waals surface area contributed by atoms with Gasteiger partial charge in [0.1, 0.15) is 0 Å². The molecule has 0 heterocycles. The van der Waals surface area contributed by atoms with Gasteiger partial charge < -0.3 is 0 Å². The van der Waals surface area contributed by atoms with Gasteiger partial charge in [0.25, 0.3) is 0 Å². The van der Waals surface area contributed by atoms with Crippen LogP contribution in [0.25, 0.3) is 0 Å². The average Bonchev–Trinajstić information content (AvgIpc) is 1.86. The molecule has 0 spiro atoms. The zero-order valence-corrected chi connectivity index (χ0v) is 9.29. The second kappa shape index (κ2) is 2.97. The summed E-state index contributed by atoms with van der Waals surface area (Å²) in [6.07, 6.45) is 0. The number of hydrogen-bond acceptors (Lipinski definition) is 0. The molecule has 0 aliphatic heterocycles.